The topological polar surface area (TPSA) is 53.7 Å². The van der Waals surface area contributed by atoms with Crippen molar-refractivity contribution in [3.63, 3.8) is 0 Å². The second-order valence-electron chi connectivity index (χ2n) is 5.27. The average molecular weight is 235 g/mol. The van der Waals surface area contributed by atoms with E-state index in [0.717, 1.165) is 18.7 Å². The Morgan fingerprint density at radius 1 is 1.47 bits per heavy atom. The van der Waals surface area contributed by atoms with Crippen molar-refractivity contribution in [2.75, 3.05) is 13.1 Å². The molecular weight excluding hydrogens is 218 g/mol. The fraction of sp³-hybridized carbons (Fsp3) is 0.615. The summed E-state index contributed by atoms with van der Waals surface area (Å²) in [5.41, 5.74) is 1.13. The molecule has 92 valence electrons. The van der Waals surface area contributed by atoms with Crippen molar-refractivity contribution in [3.8, 4) is 0 Å². The Hall–Kier alpha value is -1.29. The molecule has 1 saturated carbocycles. The Morgan fingerprint density at radius 3 is 2.88 bits per heavy atom. The van der Waals surface area contributed by atoms with Crippen LogP contribution in [-0.2, 0) is 11.3 Å². The minimum atomic E-state index is -0.628. The van der Waals surface area contributed by atoms with E-state index in [1.807, 2.05) is 6.07 Å². The predicted molar refractivity (Wildman–Crippen MR) is 61.3 cm³/mol. The van der Waals surface area contributed by atoms with Gasteiger partial charge in [-0.15, -0.1) is 0 Å². The highest BCUT2D eigenvalue weighted by Gasteiger charge is 2.45. The van der Waals surface area contributed by atoms with Crippen LogP contribution in [0.2, 0.25) is 0 Å². The maximum absolute atomic E-state index is 11.2. The lowest BCUT2D eigenvalue weighted by atomic mass is 9.92. The van der Waals surface area contributed by atoms with Gasteiger partial charge in [-0.1, -0.05) is 0 Å². The summed E-state index contributed by atoms with van der Waals surface area (Å²) in [5.74, 6) is 0.218. The van der Waals surface area contributed by atoms with Gasteiger partial charge in [0.05, 0.1) is 18.4 Å². The van der Waals surface area contributed by atoms with Gasteiger partial charge in [-0.05, 0) is 30.7 Å². The molecule has 2 aliphatic rings. The molecule has 4 nitrogen and oxygen atoms in total. The van der Waals surface area contributed by atoms with Crippen LogP contribution >= 0.6 is 0 Å². The first-order valence-corrected chi connectivity index (χ1v) is 6.20. The van der Waals surface area contributed by atoms with Gasteiger partial charge >= 0.3 is 5.97 Å². The smallest absolute Gasteiger partial charge is 0.308 e. The average Bonchev–Trinajstić information content (AvgIpc) is 2.86. The van der Waals surface area contributed by atoms with Crippen LogP contribution in [0, 0.1) is 17.8 Å². The number of hydrogen-bond acceptors (Lipinski definition) is 3. The molecule has 1 aliphatic heterocycles. The number of aliphatic carboxylic acids is 1. The molecule has 1 aromatic heterocycles. The number of carbonyl (C=O) groups is 1. The molecule has 0 amide bonds. The standard InChI is InChI=1S/C13H17NO3/c15-13(16)12-7-14(5-9-3-4-17-8-9)6-11(12)10-1-2-10/h3-4,8,10-12H,1-2,5-7H2,(H,15,16)/t11-,12+/m0/s1. The maximum Gasteiger partial charge on any atom is 0.308 e. The highest BCUT2D eigenvalue weighted by Crippen LogP contribution is 2.44. The van der Waals surface area contributed by atoms with E-state index in [0.29, 0.717) is 18.4 Å². The molecule has 0 aromatic carbocycles. The van der Waals surface area contributed by atoms with Gasteiger partial charge in [0.25, 0.3) is 0 Å². The van der Waals surface area contributed by atoms with Crippen molar-refractivity contribution in [2.45, 2.75) is 19.4 Å². The van der Waals surface area contributed by atoms with E-state index in [1.54, 1.807) is 12.5 Å². The van der Waals surface area contributed by atoms with Crippen LogP contribution in [0.3, 0.4) is 0 Å². The van der Waals surface area contributed by atoms with Crippen molar-refractivity contribution in [3.05, 3.63) is 24.2 Å². The number of nitrogens with zero attached hydrogens (tertiary/aromatic N) is 1. The Labute approximate surface area is 100 Å². The van der Waals surface area contributed by atoms with Gasteiger partial charge in [-0.3, -0.25) is 9.69 Å². The van der Waals surface area contributed by atoms with Gasteiger partial charge in [-0.2, -0.15) is 0 Å². The second-order valence-corrected chi connectivity index (χ2v) is 5.27. The van der Waals surface area contributed by atoms with Crippen LogP contribution in [0.25, 0.3) is 0 Å². The number of carboxylic acid groups (broad SMARTS) is 1. The summed E-state index contributed by atoms with van der Waals surface area (Å²) in [6, 6.07) is 1.94. The first-order valence-electron chi connectivity index (χ1n) is 6.20. The van der Waals surface area contributed by atoms with E-state index in [1.165, 1.54) is 12.8 Å². The zero-order chi connectivity index (χ0) is 11.8. The SMILES string of the molecule is O=C(O)[C@@H]1CN(Cc2ccoc2)C[C@H]1C1CC1. The lowest BCUT2D eigenvalue weighted by Gasteiger charge is -2.14. The summed E-state index contributed by atoms with van der Waals surface area (Å²) in [7, 11) is 0. The van der Waals surface area contributed by atoms with Crippen molar-refractivity contribution < 1.29 is 14.3 Å². The van der Waals surface area contributed by atoms with Gasteiger partial charge in [0.2, 0.25) is 0 Å². The molecule has 1 aromatic rings. The zero-order valence-corrected chi connectivity index (χ0v) is 9.71. The van der Waals surface area contributed by atoms with Crippen LogP contribution in [-0.4, -0.2) is 29.1 Å². The largest absolute Gasteiger partial charge is 0.481 e. The Balaban J connectivity index is 1.66. The van der Waals surface area contributed by atoms with E-state index in [4.69, 9.17) is 4.42 Å². The molecule has 2 heterocycles. The lowest BCUT2D eigenvalue weighted by molar-refractivity contribution is -0.142. The third-order valence-corrected chi connectivity index (χ3v) is 3.97. The zero-order valence-electron chi connectivity index (χ0n) is 9.71. The summed E-state index contributed by atoms with van der Waals surface area (Å²) in [4.78, 5) is 13.5. The van der Waals surface area contributed by atoms with Crippen LogP contribution in [0.15, 0.2) is 23.0 Å². The summed E-state index contributed by atoms with van der Waals surface area (Å²) >= 11 is 0. The molecule has 0 spiro atoms. The molecule has 2 atom stereocenters. The monoisotopic (exact) mass is 235 g/mol. The second kappa shape index (κ2) is 4.18. The minimum Gasteiger partial charge on any atom is -0.481 e. The third kappa shape index (κ3) is 2.22. The lowest BCUT2D eigenvalue weighted by Crippen LogP contribution is -2.24. The molecule has 0 unspecified atom stereocenters. The highest BCUT2D eigenvalue weighted by molar-refractivity contribution is 5.71. The fourth-order valence-electron chi connectivity index (χ4n) is 2.95. The van der Waals surface area contributed by atoms with Crippen LogP contribution < -0.4 is 0 Å². The summed E-state index contributed by atoms with van der Waals surface area (Å²) in [6.07, 6.45) is 5.83. The van der Waals surface area contributed by atoms with Gasteiger partial charge < -0.3 is 9.52 Å². The molecule has 17 heavy (non-hydrogen) atoms. The first kappa shape index (κ1) is 10.8. The number of hydrogen-bond donors (Lipinski definition) is 1. The van der Waals surface area contributed by atoms with Crippen molar-refractivity contribution >= 4 is 5.97 Å². The molecular formula is C13H17NO3. The molecule has 0 radical (unpaired) electrons. The number of likely N-dealkylation sites (tertiary alicyclic amines) is 1. The van der Waals surface area contributed by atoms with Crippen LogP contribution in [0.5, 0.6) is 0 Å². The molecule has 1 N–H and O–H groups in total. The van der Waals surface area contributed by atoms with Gasteiger partial charge in [0.1, 0.15) is 0 Å². The Morgan fingerprint density at radius 2 is 2.29 bits per heavy atom. The van der Waals surface area contributed by atoms with E-state index in [2.05, 4.69) is 4.90 Å². The van der Waals surface area contributed by atoms with E-state index in [-0.39, 0.29) is 5.92 Å². The van der Waals surface area contributed by atoms with Crippen molar-refractivity contribution in [1.29, 1.82) is 0 Å². The quantitative estimate of drug-likeness (QED) is 0.865. The van der Waals surface area contributed by atoms with Gasteiger partial charge in [-0.25, -0.2) is 0 Å². The Bertz CT molecular complexity index is 397. The predicted octanol–water partition coefficient (Wildman–Crippen LogP) is 1.82. The first-order chi connectivity index (χ1) is 8.24. The molecule has 1 aliphatic carbocycles. The van der Waals surface area contributed by atoms with Crippen LogP contribution in [0.4, 0.5) is 0 Å². The minimum absolute atomic E-state index is 0.172. The van der Waals surface area contributed by atoms with E-state index in [9.17, 15) is 9.90 Å². The van der Waals surface area contributed by atoms with Crippen molar-refractivity contribution in [1.82, 2.24) is 4.90 Å². The normalized spacial score (nSPS) is 29.6. The molecule has 2 fully saturated rings. The fourth-order valence-corrected chi connectivity index (χ4v) is 2.95. The molecule has 0 bridgehead atoms. The van der Waals surface area contributed by atoms with E-state index >= 15 is 0 Å². The maximum atomic E-state index is 11.2. The van der Waals surface area contributed by atoms with Crippen molar-refractivity contribution in [2.24, 2.45) is 17.8 Å². The number of carboxylic acids is 1. The third-order valence-electron chi connectivity index (χ3n) is 3.97. The molecule has 4 heteroatoms. The number of furan rings is 1. The molecule has 3 rings (SSSR count). The van der Waals surface area contributed by atoms with Gasteiger partial charge in [0, 0.05) is 25.2 Å². The number of rotatable bonds is 4. The summed E-state index contributed by atoms with van der Waals surface area (Å²) in [5, 5.41) is 9.26. The highest BCUT2D eigenvalue weighted by atomic mass is 16.4. The molecule has 1 saturated heterocycles. The Kier molecular flexibility index (Phi) is 2.67. The van der Waals surface area contributed by atoms with E-state index < -0.39 is 5.97 Å². The summed E-state index contributed by atoms with van der Waals surface area (Å²) in [6.45, 7) is 2.41. The van der Waals surface area contributed by atoms with Crippen LogP contribution in [0.1, 0.15) is 18.4 Å². The summed E-state index contributed by atoms with van der Waals surface area (Å²) < 4.78 is 5.04. The van der Waals surface area contributed by atoms with Gasteiger partial charge in [0.15, 0.2) is 0 Å².